The van der Waals surface area contributed by atoms with Crippen molar-refractivity contribution in [3.05, 3.63) is 10.1 Å². The molecule has 0 aromatic heterocycles. The summed E-state index contributed by atoms with van der Waals surface area (Å²) in [4.78, 5) is 23.1. The third kappa shape index (κ3) is 4.48. The third-order valence-corrected chi connectivity index (χ3v) is 2.77. The van der Waals surface area contributed by atoms with E-state index in [9.17, 15) is 20.0 Å². The van der Waals surface area contributed by atoms with Crippen molar-refractivity contribution in [2.24, 2.45) is 0 Å². The van der Waals surface area contributed by atoms with Crippen molar-refractivity contribution >= 4 is 6.09 Å². The van der Waals surface area contributed by atoms with Gasteiger partial charge in [-0.15, -0.1) is 0 Å². The number of likely N-dealkylation sites (tertiary alicyclic amines) is 1. The van der Waals surface area contributed by atoms with E-state index in [1.165, 1.54) is 4.90 Å². The molecule has 0 saturated carbocycles. The van der Waals surface area contributed by atoms with E-state index in [1.807, 2.05) is 0 Å². The van der Waals surface area contributed by atoms with Crippen LogP contribution in [0.1, 0.15) is 33.6 Å². The summed E-state index contributed by atoms with van der Waals surface area (Å²) in [6.07, 6.45) is -0.0360. The van der Waals surface area contributed by atoms with Gasteiger partial charge in [0.2, 0.25) is 6.54 Å². The monoisotopic (exact) mass is 260 g/mol. The van der Waals surface area contributed by atoms with Crippen molar-refractivity contribution in [3.63, 3.8) is 0 Å². The SMILES string of the molecule is CC(C)(C)OC(=O)N1CCC(O)(C[N+](=O)[O-])CC1. The molecule has 0 radical (unpaired) electrons. The molecule has 0 bridgehead atoms. The zero-order chi connectivity index (χ0) is 14.0. The molecule has 104 valence electrons. The number of carbonyl (C=O) groups is 1. The highest BCUT2D eigenvalue weighted by Gasteiger charge is 2.39. The highest BCUT2D eigenvalue weighted by molar-refractivity contribution is 5.68. The molecule has 0 aromatic carbocycles. The number of amides is 1. The molecular weight excluding hydrogens is 240 g/mol. The van der Waals surface area contributed by atoms with Gasteiger partial charge >= 0.3 is 6.09 Å². The van der Waals surface area contributed by atoms with Gasteiger partial charge in [0.1, 0.15) is 11.2 Å². The lowest BCUT2D eigenvalue weighted by Crippen LogP contribution is -2.50. The molecule has 18 heavy (non-hydrogen) atoms. The molecule has 1 amide bonds. The lowest BCUT2D eigenvalue weighted by Gasteiger charge is -2.36. The highest BCUT2D eigenvalue weighted by atomic mass is 16.6. The summed E-state index contributed by atoms with van der Waals surface area (Å²) < 4.78 is 5.20. The van der Waals surface area contributed by atoms with Crippen LogP contribution in [-0.2, 0) is 4.74 Å². The second kappa shape index (κ2) is 5.09. The van der Waals surface area contributed by atoms with Crippen LogP contribution in [-0.4, -0.2) is 51.9 Å². The van der Waals surface area contributed by atoms with Crippen molar-refractivity contribution in [2.45, 2.75) is 44.8 Å². The molecule has 1 saturated heterocycles. The van der Waals surface area contributed by atoms with E-state index in [0.717, 1.165) is 0 Å². The summed E-state index contributed by atoms with van der Waals surface area (Å²) in [5, 5.41) is 20.4. The van der Waals surface area contributed by atoms with Gasteiger partial charge in [-0.1, -0.05) is 0 Å². The van der Waals surface area contributed by atoms with Crippen LogP contribution >= 0.6 is 0 Å². The zero-order valence-electron chi connectivity index (χ0n) is 11.0. The Labute approximate surface area is 106 Å². The van der Waals surface area contributed by atoms with Gasteiger partial charge in [0, 0.05) is 30.9 Å². The normalized spacial score (nSPS) is 19.4. The van der Waals surface area contributed by atoms with Gasteiger partial charge < -0.3 is 14.7 Å². The molecule has 7 nitrogen and oxygen atoms in total. The molecule has 0 aliphatic carbocycles. The number of carbonyl (C=O) groups excluding carboxylic acids is 1. The van der Waals surface area contributed by atoms with Gasteiger partial charge in [0.15, 0.2) is 0 Å². The van der Waals surface area contributed by atoms with E-state index in [-0.39, 0.29) is 25.9 Å². The number of ether oxygens (including phenoxy) is 1. The summed E-state index contributed by atoms with van der Waals surface area (Å²) in [5.41, 5.74) is -1.87. The number of hydrogen-bond donors (Lipinski definition) is 1. The van der Waals surface area contributed by atoms with Crippen molar-refractivity contribution in [1.82, 2.24) is 4.90 Å². The van der Waals surface area contributed by atoms with Gasteiger partial charge in [-0.3, -0.25) is 10.1 Å². The van der Waals surface area contributed by atoms with Gasteiger partial charge in [-0.25, -0.2) is 4.79 Å². The Morgan fingerprint density at radius 3 is 2.33 bits per heavy atom. The minimum Gasteiger partial charge on any atom is -0.444 e. The van der Waals surface area contributed by atoms with Crippen molar-refractivity contribution in [2.75, 3.05) is 19.6 Å². The summed E-state index contributed by atoms with van der Waals surface area (Å²) in [6.45, 7) is 5.40. The first-order chi connectivity index (χ1) is 8.11. The van der Waals surface area contributed by atoms with Crippen LogP contribution < -0.4 is 0 Å². The molecular formula is C11H20N2O5. The van der Waals surface area contributed by atoms with E-state index < -0.39 is 28.8 Å². The minimum absolute atomic E-state index is 0.202. The van der Waals surface area contributed by atoms with E-state index in [1.54, 1.807) is 20.8 Å². The van der Waals surface area contributed by atoms with E-state index >= 15 is 0 Å². The summed E-state index contributed by atoms with van der Waals surface area (Å²) in [5.74, 6) is 0. The van der Waals surface area contributed by atoms with Gasteiger partial charge in [-0.2, -0.15) is 0 Å². The number of nitrogens with zero attached hydrogens (tertiary/aromatic N) is 2. The smallest absolute Gasteiger partial charge is 0.410 e. The van der Waals surface area contributed by atoms with Crippen LogP contribution in [0.5, 0.6) is 0 Å². The molecule has 1 fully saturated rings. The van der Waals surface area contributed by atoms with Gasteiger partial charge in [0.05, 0.1) is 0 Å². The second-order valence-corrected chi connectivity index (χ2v) is 5.68. The summed E-state index contributed by atoms with van der Waals surface area (Å²) >= 11 is 0. The molecule has 0 aromatic rings. The number of nitro groups is 1. The Morgan fingerprint density at radius 2 is 1.94 bits per heavy atom. The molecule has 1 heterocycles. The minimum atomic E-state index is -1.30. The lowest BCUT2D eigenvalue weighted by molar-refractivity contribution is -0.502. The van der Waals surface area contributed by atoms with Crippen molar-refractivity contribution < 1.29 is 19.6 Å². The third-order valence-electron chi connectivity index (χ3n) is 2.77. The van der Waals surface area contributed by atoms with E-state index in [0.29, 0.717) is 0 Å². The molecule has 0 unspecified atom stereocenters. The Kier molecular flexibility index (Phi) is 4.16. The van der Waals surface area contributed by atoms with Crippen LogP contribution in [0.4, 0.5) is 4.79 Å². The largest absolute Gasteiger partial charge is 0.444 e. The summed E-state index contributed by atoms with van der Waals surface area (Å²) in [6, 6.07) is 0. The number of piperidine rings is 1. The first kappa shape index (κ1) is 14.7. The van der Waals surface area contributed by atoms with E-state index in [2.05, 4.69) is 0 Å². The fraction of sp³-hybridized carbons (Fsp3) is 0.909. The number of rotatable bonds is 2. The van der Waals surface area contributed by atoms with Gasteiger partial charge in [0.25, 0.3) is 0 Å². The maximum Gasteiger partial charge on any atom is 0.410 e. The first-order valence-corrected chi connectivity index (χ1v) is 5.93. The maximum atomic E-state index is 11.7. The van der Waals surface area contributed by atoms with Crippen LogP contribution in [0.3, 0.4) is 0 Å². The van der Waals surface area contributed by atoms with Crippen LogP contribution in [0, 0.1) is 10.1 Å². The second-order valence-electron chi connectivity index (χ2n) is 5.68. The topological polar surface area (TPSA) is 92.9 Å². The van der Waals surface area contributed by atoms with Gasteiger partial charge in [-0.05, 0) is 20.8 Å². The molecule has 1 rings (SSSR count). The highest BCUT2D eigenvalue weighted by Crippen LogP contribution is 2.23. The molecule has 0 atom stereocenters. The van der Waals surface area contributed by atoms with Crippen molar-refractivity contribution in [1.29, 1.82) is 0 Å². The Hall–Kier alpha value is -1.37. The Morgan fingerprint density at radius 1 is 1.44 bits per heavy atom. The van der Waals surface area contributed by atoms with Crippen LogP contribution in [0.15, 0.2) is 0 Å². The quantitative estimate of drug-likeness (QED) is 0.591. The maximum absolute atomic E-state index is 11.7. The molecule has 7 heteroatoms. The fourth-order valence-corrected chi connectivity index (χ4v) is 1.83. The Balaban J connectivity index is 2.48. The molecule has 0 spiro atoms. The predicted molar refractivity (Wildman–Crippen MR) is 63.9 cm³/mol. The van der Waals surface area contributed by atoms with Crippen LogP contribution in [0.25, 0.3) is 0 Å². The fourth-order valence-electron chi connectivity index (χ4n) is 1.83. The van der Waals surface area contributed by atoms with E-state index in [4.69, 9.17) is 4.74 Å². The average Bonchev–Trinajstić information content (AvgIpc) is 2.13. The number of hydrogen-bond acceptors (Lipinski definition) is 5. The first-order valence-electron chi connectivity index (χ1n) is 5.93. The average molecular weight is 260 g/mol. The lowest BCUT2D eigenvalue weighted by atomic mass is 9.92. The zero-order valence-corrected chi connectivity index (χ0v) is 11.0. The molecule has 1 aliphatic heterocycles. The predicted octanol–water partition coefficient (Wildman–Crippen LogP) is 1.03. The molecule has 1 N–H and O–H groups in total. The number of aliphatic hydroxyl groups is 1. The summed E-state index contributed by atoms with van der Waals surface area (Å²) in [7, 11) is 0. The Bertz CT molecular complexity index is 329. The standard InChI is InChI=1S/C11H20N2O5/c1-10(2,3)18-9(14)12-6-4-11(15,5-7-12)8-13(16)17/h15H,4-8H2,1-3H3. The van der Waals surface area contributed by atoms with Crippen molar-refractivity contribution in [3.8, 4) is 0 Å². The van der Waals surface area contributed by atoms with Crippen LogP contribution in [0.2, 0.25) is 0 Å². The molecule has 1 aliphatic rings.